The fourth-order valence-electron chi connectivity index (χ4n) is 2.54. The molecule has 2 N–H and O–H groups in total. The molecule has 0 saturated heterocycles. The summed E-state index contributed by atoms with van der Waals surface area (Å²) in [6, 6.07) is 9.76. The van der Waals surface area contributed by atoms with Crippen molar-refractivity contribution >= 4 is 28.8 Å². The van der Waals surface area contributed by atoms with E-state index in [0.29, 0.717) is 30.8 Å². The van der Waals surface area contributed by atoms with E-state index in [0.717, 1.165) is 12.0 Å². The third kappa shape index (κ3) is 4.14. The molecule has 1 aromatic heterocycles. The van der Waals surface area contributed by atoms with E-state index in [1.807, 2.05) is 35.7 Å². The number of hydrogen-bond acceptors (Lipinski definition) is 4. The third-order valence-electron chi connectivity index (χ3n) is 3.89. The van der Waals surface area contributed by atoms with Gasteiger partial charge in [-0.3, -0.25) is 9.59 Å². The largest absolute Gasteiger partial charge is 0.479 e. The van der Waals surface area contributed by atoms with Crippen LogP contribution in [0.15, 0.2) is 35.7 Å². The van der Waals surface area contributed by atoms with Crippen LogP contribution in [0.3, 0.4) is 0 Å². The molecule has 1 aliphatic rings. The predicted octanol–water partition coefficient (Wildman–Crippen LogP) is 2.76. The molecule has 0 fully saturated rings. The highest BCUT2D eigenvalue weighted by molar-refractivity contribution is 7.09. The van der Waals surface area contributed by atoms with Crippen molar-refractivity contribution in [1.82, 2.24) is 5.32 Å². The molecule has 0 aliphatic carbocycles. The first-order valence-corrected chi connectivity index (χ1v) is 8.89. The van der Waals surface area contributed by atoms with Crippen molar-refractivity contribution < 1.29 is 14.3 Å². The maximum absolute atomic E-state index is 11.9. The minimum Gasteiger partial charge on any atom is -0.479 e. The van der Waals surface area contributed by atoms with E-state index in [-0.39, 0.29) is 11.8 Å². The second-order valence-electron chi connectivity index (χ2n) is 5.76. The van der Waals surface area contributed by atoms with E-state index in [2.05, 4.69) is 10.6 Å². The van der Waals surface area contributed by atoms with Crippen molar-refractivity contribution in [2.24, 2.45) is 0 Å². The summed E-state index contributed by atoms with van der Waals surface area (Å²) < 4.78 is 5.53. The average Bonchev–Trinajstić information content (AvgIpc) is 3.08. The van der Waals surface area contributed by atoms with Crippen LogP contribution in [0.1, 0.15) is 23.8 Å². The van der Waals surface area contributed by atoms with E-state index in [9.17, 15) is 9.59 Å². The second kappa shape index (κ2) is 7.49. The molecule has 0 radical (unpaired) electrons. The summed E-state index contributed by atoms with van der Waals surface area (Å²) in [5, 5.41) is 7.79. The monoisotopic (exact) mass is 344 g/mol. The Bertz CT molecular complexity index is 728. The van der Waals surface area contributed by atoms with Gasteiger partial charge in [0.1, 0.15) is 5.75 Å². The van der Waals surface area contributed by atoms with Gasteiger partial charge in [0.15, 0.2) is 6.10 Å². The highest BCUT2D eigenvalue weighted by atomic mass is 32.1. The van der Waals surface area contributed by atoms with E-state index in [4.69, 9.17) is 4.74 Å². The summed E-state index contributed by atoms with van der Waals surface area (Å²) in [6.07, 6.45) is 1.53. The highest BCUT2D eigenvalue weighted by Gasteiger charge is 2.23. The van der Waals surface area contributed by atoms with E-state index in [1.165, 1.54) is 4.88 Å². The lowest BCUT2D eigenvalue weighted by atomic mass is 10.1. The minimum absolute atomic E-state index is 0.0619. The number of aryl methyl sites for hydroxylation is 1. The number of carbonyl (C=O) groups is 2. The molecule has 1 unspecified atom stereocenters. The fraction of sp³-hybridized carbons (Fsp3) is 0.333. The molecule has 1 atom stereocenters. The third-order valence-corrected chi connectivity index (χ3v) is 4.83. The molecule has 5 nitrogen and oxygen atoms in total. The smallest absolute Gasteiger partial charge is 0.265 e. The van der Waals surface area contributed by atoms with Gasteiger partial charge in [-0.1, -0.05) is 12.1 Å². The lowest BCUT2D eigenvalue weighted by Crippen LogP contribution is -2.34. The lowest BCUT2D eigenvalue weighted by Gasteiger charge is -2.23. The molecule has 2 heterocycles. The molecule has 126 valence electrons. The summed E-state index contributed by atoms with van der Waals surface area (Å²) >= 11 is 1.67. The Kier molecular flexibility index (Phi) is 5.15. The summed E-state index contributed by atoms with van der Waals surface area (Å²) in [5.41, 5.74) is 1.74. The fourth-order valence-corrected chi connectivity index (χ4v) is 3.25. The van der Waals surface area contributed by atoms with Crippen molar-refractivity contribution in [3.8, 4) is 5.75 Å². The minimum atomic E-state index is -0.467. The van der Waals surface area contributed by atoms with Gasteiger partial charge in [0, 0.05) is 17.8 Å². The van der Waals surface area contributed by atoms with Gasteiger partial charge in [-0.05, 0) is 48.9 Å². The van der Waals surface area contributed by atoms with Gasteiger partial charge in [0.25, 0.3) is 5.91 Å². The zero-order valence-corrected chi connectivity index (χ0v) is 14.3. The number of benzene rings is 1. The zero-order chi connectivity index (χ0) is 16.9. The second-order valence-corrected chi connectivity index (χ2v) is 6.79. The first kappa shape index (κ1) is 16.5. The van der Waals surface area contributed by atoms with Crippen molar-refractivity contribution in [3.63, 3.8) is 0 Å². The Morgan fingerprint density at radius 2 is 2.21 bits per heavy atom. The summed E-state index contributed by atoms with van der Waals surface area (Å²) in [4.78, 5) is 24.7. The summed E-state index contributed by atoms with van der Waals surface area (Å²) in [7, 11) is 0. The number of thiophene rings is 1. The van der Waals surface area contributed by atoms with Gasteiger partial charge in [0.2, 0.25) is 5.91 Å². The Balaban J connectivity index is 1.46. The number of anilines is 1. The van der Waals surface area contributed by atoms with Crippen molar-refractivity contribution in [2.45, 2.75) is 32.3 Å². The van der Waals surface area contributed by atoms with E-state index < -0.39 is 6.10 Å². The molecular weight excluding hydrogens is 324 g/mol. The van der Waals surface area contributed by atoms with Gasteiger partial charge in [0.05, 0.1) is 5.69 Å². The van der Waals surface area contributed by atoms with Gasteiger partial charge >= 0.3 is 0 Å². The Morgan fingerprint density at radius 3 is 3.00 bits per heavy atom. The van der Waals surface area contributed by atoms with Gasteiger partial charge in [-0.25, -0.2) is 0 Å². The zero-order valence-electron chi connectivity index (χ0n) is 13.5. The number of amides is 2. The molecule has 2 aromatic rings. The van der Waals surface area contributed by atoms with Gasteiger partial charge in [-0.15, -0.1) is 11.3 Å². The predicted molar refractivity (Wildman–Crippen MR) is 94.5 cm³/mol. The normalized spacial score (nSPS) is 16.0. The van der Waals surface area contributed by atoms with Crippen molar-refractivity contribution in [3.05, 3.63) is 46.2 Å². The van der Waals surface area contributed by atoms with Crippen molar-refractivity contribution in [1.29, 1.82) is 0 Å². The summed E-state index contributed by atoms with van der Waals surface area (Å²) in [6.45, 7) is 2.30. The van der Waals surface area contributed by atoms with Crippen LogP contribution in [0.5, 0.6) is 5.75 Å². The van der Waals surface area contributed by atoms with Crippen LogP contribution in [0.2, 0.25) is 0 Å². The Hall–Kier alpha value is -2.34. The standard InChI is InChI=1S/C18H20N2O3S/c1-12-18(22)20-15-11-13(4-6-16(15)23-12)8-9-19-17(21)7-5-14-3-2-10-24-14/h2-4,6,10-12H,5,7-9H2,1H3,(H,19,21)(H,20,22). The average molecular weight is 344 g/mol. The molecular formula is C18H20N2O3S. The maximum Gasteiger partial charge on any atom is 0.265 e. The van der Waals surface area contributed by atoms with Gasteiger partial charge < -0.3 is 15.4 Å². The van der Waals surface area contributed by atoms with Crippen LogP contribution < -0.4 is 15.4 Å². The molecule has 0 bridgehead atoms. The van der Waals surface area contributed by atoms with E-state index >= 15 is 0 Å². The number of carbonyl (C=O) groups excluding carboxylic acids is 2. The maximum atomic E-state index is 11.9. The Labute approximate surface area is 145 Å². The first-order valence-electron chi connectivity index (χ1n) is 8.01. The number of fused-ring (bicyclic) bond motifs is 1. The topological polar surface area (TPSA) is 67.4 Å². The molecule has 2 amide bonds. The number of nitrogens with one attached hydrogen (secondary N) is 2. The van der Waals surface area contributed by atoms with Crippen LogP contribution in [-0.4, -0.2) is 24.5 Å². The number of hydrogen-bond donors (Lipinski definition) is 2. The first-order chi connectivity index (χ1) is 11.6. The van der Waals surface area contributed by atoms with Crippen LogP contribution >= 0.6 is 11.3 Å². The van der Waals surface area contributed by atoms with Gasteiger partial charge in [-0.2, -0.15) is 0 Å². The van der Waals surface area contributed by atoms with Crippen LogP contribution in [0.25, 0.3) is 0 Å². The van der Waals surface area contributed by atoms with Crippen LogP contribution in [0, 0.1) is 0 Å². The van der Waals surface area contributed by atoms with Crippen LogP contribution in [0.4, 0.5) is 5.69 Å². The number of rotatable bonds is 6. The number of ether oxygens (including phenoxy) is 1. The molecule has 1 aromatic carbocycles. The van der Waals surface area contributed by atoms with Crippen LogP contribution in [-0.2, 0) is 22.4 Å². The van der Waals surface area contributed by atoms with E-state index in [1.54, 1.807) is 18.3 Å². The highest BCUT2D eigenvalue weighted by Crippen LogP contribution is 2.30. The summed E-state index contributed by atoms with van der Waals surface area (Å²) in [5.74, 6) is 0.610. The molecule has 6 heteroatoms. The molecule has 3 rings (SSSR count). The molecule has 24 heavy (non-hydrogen) atoms. The SMILES string of the molecule is CC1Oc2ccc(CCNC(=O)CCc3cccs3)cc2NC1=O. The lowest BCUT2D eigenvalue weighted by molar-refractivity contribution is -0.123. The molecule has 1 aliphatic heterocycles. The molecule has 0 saturated carbocycles. The molecule has 0 spiro atoms. The Morgan fingerprint density at radius 1 is 1.33 bits per heavy atom. The van der Waals surface area contributed by atoms with Crippen molar-refractivity contribution in [2.75, 3.05) is 11.9 Å². The quantitative estimate of drug-likeness (QED) is 0.847.